The maximum atomic E-state index is 12.2. The van der Waals surface area contributed by atoms with Crippen LogP contribution in [0, 0.1) is 0 Å². The minimum Gasteiger partial charge on any atom is -0.334 e. The molecule has 1 amide bonds. The lowest BCUT2D eigenvalue weighted by atomic mass is 10.2. The van der Waals surface area contributed by atoms with Crippen LogP contribution in [0.4, 0.5) is 11.4 Å². The van der Waals surface area contributed by atoms with Gasteiger partial charge in [0.05, 0.1) is 15.9 Å². The maximum Gasteiger partial charge on any atom is 0.255 e. The van der Waals surface area contributed by atoms with Gasteiger partial charge in [-0.3, -0.25) is 9.79 Å². The van der Waals surface area contributed by atoms with Crippen LogP contribution in [0.1, 0.15) is 17.3 Å². The van der Waals surface area contributed by atoms with E-state index in [4.69, 9.17) is 23.2 Å². The van der Waals surface area contributed by atoms with Gasteiger partial charge in [0.2, 0.25) is 0 Å². The van der Waals surface area contributed by atoms with E-state index in [1.807, 2.05) is 43.1 Å². The first-order valence-electron chi connectivity index (χ1n) is 6.96. The normalized spacial score (nSPS) is 11.3. The van der Waals surface area contributed by atoms with Crippen LogP contribution in [-0.4, -0.2) is 25.8 Å². The number of rotatable bonds is 3. The number of anilines is 2. The molecule has 0 unspecified atom stereocenters. The minimum atomic E-state index is -0.240. The van der Waals surface area contributed by atoms with Crippen molar-refractivity contribution in [2.75, 3.05) is 24.3 Å². The highest BCUT2D eigenvalue weighted by Gasteiger charge is 2.09. The van der Waals surface area contributed by atoms with Gasteiger partial charge in [0.1, 0.15) is 0 Å². The van der Waals surface area contributed by atoms with E-state index in [9.17, 15) is 4.79 Å². The third kappa shape index (κ3) is 4.24. The lowest BCUT2D eigenvalue weighted by Crippen LogP contribution is -2.23. The molecule has 2 rings (SSSR count). The van der Waals surface area contributed by atoms with Crippen LogP contribution in [-0.2, 0) is 0 Å². The van der Waals surface area contributed by atoms with E-state index in [2.05, 4.69) is 10.3 Å². The van der Waals surface area contributed by atoms with Crippen LogP contribution < -0.4 is 10.2 Å². The fraction of sp³-hybridized carbons (Fsp3) is 0.176. The molecule has 0 atom stereocenters. The Hall–Kier alpha value is -2.04. The number of nitrogens with zero attached hydrogens (tertiary/aromatic N) is 2. The predicted octanol–water partition coefficient (Wildman–Crippen LogP) is 4.73. The van der Waals surface area contributed by atoms with Crippen molar-refractivity contribution in [2.45, 2.75) is 6.92 Å². The summed E-state index contributed by atoms with van der Waals surface area (Å²) in [6.07, 6.45) is 0. The largest absolute Gasteiger partial charge is 0.334 e. The molecule has 0 radical (unpaired) electrons. The van der Waals surface area contributed by atoms with Crippen LogP contribution in [0.25, 0.3) is 0 Å². The quantitative estimate of drug-likeness (QED) is 0.642. The van der Waals surface area contributed by atoms with E-state index in [1.165, 1.54) is 0 Å². The van der Waals surface area contributed by atoms with Gasteiger partial charge in [0.25, 0.3) is 5.91 Å². The summed E-state index contributed by atoms with van der Waals surface area (Å²) in [4.78, 5) is 18.3. The summed E-state index contributed by atoms with van der Waals surface area (Å²) >= 11 is 11.8. The second kappa shape index (κ2) is 7.49. The molecule has 120 valence electrons. The van der Waals surface area contributed by atoms with Crippen molar-refractivity contribution in [3.8, 4) is 0 Å². The molecule has 4 nitrogen and oxygen atoms in total. The van der Waals surface area contributed by atoms with E-state index in [0.29, 0.717) is 21.3 Å². The van der Waals surface area contributed by atoms with Gasteiger partial charge >= 0.3 is 0 Å². The zero-order valence-corrected chi connectivity index (χ0v) is 14.6. The molecule has 0 bridgehead atoms. The van der Waals surface area contributed by atoms with Crippen molar-refractivity contribution >= 4 is 46.3 Å². The average molecular weight is 350 g/mol. The number of halogens is 2. The van der Waals surface area contributed by atoms with Gasteiger partial charge < -0.3 is 10.2 Å². The van der Waals surface area contributed by atoms with Crippen LogP contribution in [0.15, 0.2) is 47.5 Å². The van der Waals surface area contributed by atoms with Gasteiger partial charge in [0.15, 0.2) is 0 Å². The molecule has 0 saturated heterocycles. The number of carbonyl (C=O) groups is 1. The Labute approximate surface area is 145 Å². The molecule has 0 aliphatic carbocycles. The molecule has 2 aromatic rings. The Bertz CT molecular complexity index is 742. The number of aliphatic imine (C=N–C) groups is 1. The Balaban J connectivity index is 2.11. The number of carbonyl (C=O) groups excluding carboxylic acids is 1. The Morgan fingerprint density at radius 3 is 2.30 bits per heavy atom. The molecule has 0 heterocycles. The van der Waals surface area contributed by atoms with Gasteiger partial charge in [-0.2, -0.15) is 0 Å². The monoisotopic (exact) mass is 349 g/mol. The Morgan fingerprint density at radius 1 is 1.09 bits per heavy atom. The second-order valence-corrected chi connectivity index (χ2v) is 5.77. The summed E-state index contributed by atoms with van der Waals surface area (Å²) in [7, 11) is 3.68. The molecule has 1 N–H and O–H groups in total. The SMILES string of the molecule is CN=C(C)N(C)c1ccc(NC(=O)c2ccc(Cl)c(Cl)c2)cc1. The van der Waals surface area contributed by atoms with Crippen LogP contribution >= 0.6 is 23.2 Å². The summed E-state index contributed by atoms with van der Waals surface area (Å²) in [5.41, 5.74) is 2.14. The average Bonchev–Trinajstić information content (AvgIpc) is 2.56. The number of benzene rings is 2. The first-order valence-corrected chi connectivity index (χ1v) is 7.71. The highest BCUT2D eigenvalue weighted by molar-refractivity contribution is 6.42. The summed E-state index contributed by atoms with van der Waals surface area (Å²) < 4.78 is 0. The van der Waals surface area contributed by atoms with E-state index in [1.54, 1.807) is 25.2 Å². The molecular formula is C17H17Cl2N3O. The number of amides is 1. The summed E-state index contributed by atoms with van der Waals surface area (Å²) in [6.45, 7) is 1.93. The summed E-state index contributed by atoms with van der Waals surface area (Å²) in [5, 5.41) is 3.60. The van der Waals surface area contributed by atoms with Gasteiger partial charge in [-0.05, 0) is 49.4 Å². The van der Waals surface area contributed by atoms with Crippen molar-refractivity contribution in [2.24, 2.45) is 4.99 Å². The van der Waals surface area contributed by atoms with Gasteiger partial charge in [0, 0.05) is 31.0 Å². The molecule has 6 heteroatoms. The molecule has 0 fully saturated rings. The third-order valence-electron chi connectivity index (χ3n) is 3.50. The maximum absolute atomic E-state index is 12.2. The zero-order chi connectivity index (χ0) is 17.0. The molecule has 0 aromatic heterocycles. The van der Waals surface area contributed by atoms with Gasteiger partial charge in [-0.25, -0.2) is 0 Å². The first-order chi connectivity index (χ1) is 10.9. The molecule has 0 saturated carbocycles. The van der Waals surface area contributed by atoms with Crippen LogP contribution in [0.2, 0.25) is 10.0 Å². The summed E-state index contributed by atoms with van der Waals surface area (Å²) in [6, 6.07) is 12.3. The van der Waals surface area contributed by atoms with E-state index < -0.39 is 0 Å². The second-order valence-electron chi connectivity index (χ2n) is 4.96. The predicted molar refractivity (Wildman–Crippen MR) is 98.3 cm³/mol. The van der Waals surface area contributed by atoms with Crippen molar-refractivity contribution in [1.29, 1.82) is 0 Å². The summed E-state index contributed by atoms with van der Waals surface area (Å²) in [5.74, 6) is 0.661. The highest BCUT2D eigenvalue weighted by atomic mass is 35.5. The molecular weight excluding hydrogens is 333 g/mol. The standard InChI is InChI=1S/C17H17Cl2N3O/c1-11(20-2)22(3)14-7-5-13(6-8-14)21-17(23)12-4-9-15(18)16(19)10-12/h4-10H,1-3H3,(H,21,23). The smallest absolute Gasteiger partial charge is 0.255 e. The Morgan fingerprint density at radius 2 is 1.74 bits per heavy atom. The molecule has 0 spiro atoms. The highest BCUT2D eigenvalue weighted by Crippen LogP contribution is 2.23. The fourth-order valence-corrected chi connectivity index (χ4v) is 2.24. The zero-order valence-electron chi connectivity index (χ0n) is 13.1. The molecule has 0 aliphatic heterocycles. The lowest BCUT2D eigenvalue weighted by Gasteiger charge is -2.18. The number of hydrogen-bond donors (Lipinski definition) is 1. The van der Waals surface area contributed by atoms with Crippen molar-refractivity contribution < 1.29 is 4.79 Å². The van der Waals surface area contributed by atoms with E-state index in [-0.39, 0.29) is 5.91 Å². The minimum absolute atomic E-state index is 0.240. The Kier molecular flexibility index (Phi) is 5.64. The third-order valence-corrected chi connectivity index (χ3v) is 4.24. The van der Waals surface area contributed by atoms with Crippen LogP contribution in [0.5, 0.6) is 0 Å². The van der Waals surface area contributed by atoms with Gasteiger partial charge in [-0.1, -0.05) is 23.2 Å². The molecule has 0 aliphatic rings. The van der Waals surface area contributed by atoms with E-state index in [0.717, 1.165) is 11.5 Å². The lowest BCUT2D eigenvalue weighted by molar-refractivity contribution is 0.102. The molecule has 2 aromatic carbocycles. The first kappa shape index (κ1) is 17.3. The number of hydrogen-bond acceptors (Lipinski definition) is 2. The van der Waals surface area contributed by atoms with Crippen molar-refractivity contribution in [3.63, 3.8) is 0 Å². The topological polar surface area (TPSA) is 44.7 Å². The number of nitrogens with one attached hydrogen (secondary N) is 1. The van der Waals surface area contributed by atoms with Crippen molar-refractivity contribution in [3.05, 3.63) is 58.1 Å². The molecule has 23 heavy (non-hydrogen) atoms. The van der Waals surface area contributed by atoms with E-state index >= 15 is 0 Å². The van der Waals surface area contributed by atoms with Gasteiger partial charge in [-0.15, -0.1) is 0 Å². The van der Waals surface area contributed by atoms with Crippen LogP contribution in [0.3, 0.4) is 0 Å². The fourth-order valence-electron chi connectivity index (χ4n) is 1.95. The number of amidine groups is 1. The van der Waals surface area contributed by atoms with Crippen molar-refractivity contribution in [1.82, 2.24) is 0 Å².